The zero-order valence-electron chi connectivity index (χ0n) is 11.3. The Morgan fingerprint density at radius 1 is 1.20 bits per heavy atom. The number of nitrogens with one attached hydrogen (secondary N) is 1. The van der Waals surface area contributed by atoms with Crippen molar-refractivity contribution in [1.29, 1.82) is 0 Å². The molecular formula is C14H25N. The topological polar surface area (TPSA) is 12.0 Å². The molecule has 0 aromatic heterocycles. The fourth-order valence-corrected chi connectivity index (χ4v) is 1.81. The maximum absolute atomic E-state index is 4.07. The van der Waals surface area contributed by atoms with Gasteiger partial charge in [-0.1, -0.05) is 39.0 Å². The van der Waals surface area contributed by atoms with Crippen molar-refractivity contribution in [2.75, 3.05) is 7.05 Å². The van der Waals surface area contributed by atoms with Crippen molar-refractivity contribution in [1.82, 2.24) is 5.32 Å². The van der Waals surface area contributed by atoms with Gasteiger partial charge >= 0.3 is 0 Å². The molecule has 1 nitrogen and oxygen atoms in total. The molecule has 0 aromatic carbocycles. The lowest BCUT2D eigenvalue weighted by Gasteiger charge is -2.27. The molecule has 0 rings (SSSR count). The minimum Gasteiger partial charge on any atom is -0.388 e. The van der Waals surface area contributed by atoms with Gasteiger partial charge in [-0.3, -0.25) is 0 Å². The first kappa shape index (κ1) is 14.0. The Bertz CT molecular complexity index is 294. The Balaban J connectivity index is 5.49. The molecule has 0 spiro atoms. The number of allylic oxidation sites excluding steroid dienone is 3. The van der Waals surface area contributed by atoms with Crippen molar-refractivity contribution in [2.24, 2.45) is 5.41 Å². The number of hydrogen-bond donors (Lipinski definition) is 1. The van der Waals surface area contributed by atoms with Crippen LogP contribution < -0.4 is 5.32 Å². The van der Waals surface area contributed by atoms with Gasteiger partial charge in [0.15, 0.2) is 0 Å². The molecule has 0 aliphatic carbocycles. The lowest BCUT2D eigenvalue weighted by atomic mass is 9.79. The summed E-state index contributed by atoms with van der Waals surface area (Å²) in [5.74, 6) is 0. The molecule has 0 unspecified atom stereocenters. The zero-order valence-corrected chi connectivity index (χ0v) is 11.3. The van der Waals surface area contributed by atoms with Crippen molar-refractivity contribution < 1.29 is 0 Å². The quantitative estimate of drug-likeness (QED) is 0.688. The molecule has 15 heavy (non-hydrogen) atoms. The van der Waals surface area contributed by atoms with Gasteiger partial charge in [0.2, 0.25) is 0 Å². The fraction of sp³-hybridized carbons (Fsp3) is 0.571. The van der Waals surface area contributed by atoms with Crippen molar-refractivity contribution in [2.45, 2.75) is 41.5 Å². The first-order valence-corrected chi connectivity index (χ1v) is 5.47. The van der Waals surface area contributed by atoms with Crippen LogP contribution in [0.15, 0.2) is 35.1 Å². The van der Waals surface area contributed by atoms with Gasteiger partial charge in [0, 0.05) is 12.7 Å². The third kappa shape index (κ3) is 3.58. The molecule has 0 heterocycles. The largest absolute Gasteiger partial charge is 0.388 e. The molecule has 0 fully saturated rings. The van der Waals surface area contributed by atoms with Gasteiger partial charge < -0.3 is 5.32 Å². The van der Waals surface area contributed by atoms with Crippen LogP contribution in [-0.4, -0.2) is 7.05 Å². The number of likely N-dealkylation sites (N-methyl/N-ethyl adjacent to an activating group) is 1. The summed E-state index contributed by atoms with van der Waals surface area (Å²) in [5.41, 5.74) is 5.06. The molecule has 0 aromatic rings. The zero-order chi connectivity index (χ0) is 12.2. The molecule has 0 aliphatic heterocycles. The van der Waals surface area contributed by atoms with Gasteiger partial charge in [-0.05, 0) is 37.3 Å². The molecule has 1 N–H and O–H groups in total. The second-order valence-electron chi connectivity index (χ2n) is 5.06. The van der Waals surface area contributed by atoms with Crippen molar-refractivity contribution in [3.8, 4) is 0 Å². The van der Waals surface area contributed by atoms with Gasteiger partial charge in [-0.2, -0.15) is 0 Å². The normalized spacial score (nSPS) is 12.3. The third-order valence-electron chi connectivity index (χ3n) is 2.47. The van der Waals surface area contributed by atoms with E-state index in [1.807, 2.05) is 7.05 Å². The van der Waals surface area contributed by atoms with Crippen LogP contribution in [0, 0.1) is 5.41 Å². The maximum Gasteiger partial charge on any atom is 0.0340 e. The average molecular weight is 207 g/mol. The molecule has 0 saturated carbocycles. The van der Waals surface area contributed by atoms with Gasteiger partial charge in [-0.25, -0.2) is 0 Å². The van der Waals surface area contributed by atoms with Crippen molar-refractivity contribution in [3.63, 3.8) is 0 Å². The highest BCUT2D eigenvalue weighted by molar-refractivity contribution is 5.49. The highest BCUT2D eigenvalue weighted by Crippen LogP contribution is 2.35. The van der Waals surface area contributed by atoms with Crippen LogP contribution in [0.2, 0.25) is 0 Å². The van der Waals surface area contributed by atoms with Crippen LogP contribution in [0.1, 0.15) is 41.5 Å². The Morgan fingerprint density at radius 2 is 1.67 bits per heavy atom. The minimum absolute atomic E-state index is 0.154. The Morgan fingerprint density at radius 3 is 1.87 bits per heavy atom. The standard InChI is InChI=1S/C14H25N/c1-9-12(14(5,6)7)13(10(2)3)11(4)15-8/h9,15H,4H2,1-3,5-8H3/b12-9+. The molecule has 0 saturated heterocycles. The van der Waals surface area contributed by atoms with E-state index in [9.17, 15) is 0 Å². The minimum atomic E-state index is 0.154. The molecule has 86 valence electrons. The van der Waals surface area contributed by atoms with Gasteiger partial charge in [0.1, 0.15) is 0 Å². The van der Waals surface area contributed by atoms with E-state index in [0.717, 1.165) is 5.70 Å². The van der Waals surface area contributed by atoms with E-state index >= 15 is 0 Å². The van der Waals surface area contributed by atoms with E-state index < -0.39 is 0 Å². The Kier molecular flexibility index (Phi) is 4.86. The van der Waals surface area contributed by atoms with Crippen LogP contribution in [-0.2, 0) is 0 Å². The lowest BCUT2D eigenvalue weighted by molar-refractivity contribution is 0.508. The molecule has 0 amide bonds. The van der Waals surface area contributed by atoms with Crippen molar-refractivity contribution >= 4 is 0 Å². The first-order chi connectivity index (χ1) is 6.75. The molecule has 1 heteroatoms. The van der Waals surface area contributed by atoms with E-state index in [2.05, 4.69) is 59.5 Å². The monoisotopic (exact) mass is 207 g/mol. The summed E-state index contributed by atoms with van der Waals surface area (Å²) in [5, 5.41) is 3.14. The van der Waals surface area contributed by atoms with Crippen molar-refractivity contribution in [3.05, 3.63) is 35.1 Å². The summed E-state index contributed by atoms with van der Waals surface area (Å²) in [6, 6.07) is 0. The van der Waals surface area contributed by atoms with Gasteiger partial charge in [0.05, 0.1) is 0 Å². The first-order valence-electron chi connectivity index (χ1n) is 5.47. The fourth-order valence-electron chi connectivity index (χ4n) is 1.81. The number of hydrogen-bond acceptors (Lipinski definition) is 1. The molecular weight excluding hydrogens is 182 g/mol. The van der Waals surface area contributed by atoms with E-state index in [-0.39, 0.29) is 5.41 Å². The Hall–Kier alpha value is -0.980. The lowest BCUT2D eigenvalue weighted by Crippen LogP contribution is -2.18. The van der Waals surface area contributed by atoms with E-state index in [1.165, 1.54) is 16.7 Å². The van der Waals surface area contributed by atoms with E-state index in [1.54, 1.807) is 0 Å². The molecule has 0 radical (unpaired) electrons. The summed E-state index contributed by atoms with van der Waals surface area (Å²) in [7, 11) is 1.92. The average Bonchev–Trinajstić information content (AvgIpc) is 2.09. The predicted molar refractivity (Wildman–Crippen MR) is 69.8 cm³/mol. The van der Waals surface area contributed by atoms with Gasteiger partial charge in [-0.15, -0.1) is 0 Å². The predicted octanol–water partition coefficient (Wildman–Crippen LogP) is 4.05. The van der Waals surface area contributed by atoms with Crippen LogP contribution in [0.3, 0.4) is 0 Å². The second kappa shape index (κ2) is 5.20. The summed E-state index contributed by atoms with van der Waals surface area (Å²) >= 11 is 0. The summed E-state index contributed by atoms with van der Waals surface area (Å²) < 4.78 is 0. The summed E-state index contributed by atoms with van der Waals surface area (Å²) in [6.07, 6.45) is 2.19. The molecule has 0 atom stereocenters. The summed E-state index contributed by atoms with van der Waals surface area (Å²) in [6.45, 7) is 17.1. The van der Waals surface area contributed by atoms with Crippen LogP contribution in [0.4, 0.5) is 0 Å². The molecule has 0 aliphatic rings. The second-order valence-corrected chi connectivity index (χ2v) is 5.06. The van der Waals surface area contributed by atoms with Crippen LogP contribution >= 0.6 is 0 Å². The smallest absolute Gasteiger partial charge is 0.0340 e. The third-order valence-corrected chi connectivity index (χ3v) is 2.47. The highest BCUT2D eigenvalue weighted by atomic mass is 14.8. The molecule has 0 bridgehead atoms. The number of rotatable bonds is 3. The highest BCUT2D eigenvalue weighted by Gasteiger charge is 2.21. The van der Waals surface area contributed by atoms with Crippen LogP contribution in [0.5, 0.6) is 0 Å². The maximum atomic E-state index is 4.07. The SMILES string of the molecule is C=C(NC)C(=C(C)C)/C(=C\C)C(C)(C)C. The Labute approximate surface area is 95.0 Å². The van der Waals surface area contributed by atoms with E-state index in [0.29, 0.717) is 0 Å². The van der Waals surface area contributed by atoms with Gasteiger partial charge in [0.25, 0.3) is 0 Å². The summed E-state index contributed by atoms with van der Waals surface area (Å²) in [4.78, 5) is 0. The van der Waals surface area contributed by atoms with E-state index in [4.69, 9.17) is 0 Å². The van der Waals surface area contributed by atoms with Crippen LogP contribution in [0.25, 0.3) is 0 Å².